The van der Waals surface area contributed by atoms with Gasteiger partial charge in [-0.15, -0.1) is 10.2 Å². The second kappa shape index (κ2) is 8.00. The summed E-state index contributed by atoms with van der Waals surface area (Å²) in [6.45, 7) is 1.71. The van der Waals surface area contributed by atoms with Gasteiger partial charge >= 0.3 is 0 Å². The Morgan fingerprint density at radius 1 is 1.19 bits per heavy atom. The third-order valence-electron chi connectivity index (χ3n) is 3.72. The zero-order valence-electron chi connectivity index (χ0n) is 14.3. The highest BCUT2D eigenvalue weighted by atomic mass is 32.2. The molecule has 0 aliphatic rings. The van der Waals surface area contributed by atoms with Crippen LogP contribution in [0.2, 0.25) is 0 Å². The van der Waals surface area contributed by atoms with Crippen LogP contribution in [0.3, 0.4) is 0 Å². The van der Waals surface area contributed by atoms with Crippen molar-refractivity contribution in [1.29, 1.82) is 0 Å². The molecule has 0 aliphatic carbocycles. The first-order chi connectivity index (χ1) is 13.0. The van der Waals surface area contributed by atoms with Gasteiger partial charge in [0.15, 0.2) is 5.16 Å². The van der Waals surface area contributed by atoms with Gasteiger partial charge in [-0.3, -0.25) is 14.2 Å². The highest BCUT2D eigenvalue weighted by Gasteiger charge is 2.19. The molecular weight excluding hydrogens is 369 g/mol. The van der Waals surface area contributed by atoms with E-state index in [9.17, 15) is 14.0 Å². The van der Waals surface area contributed by atoms with E-state index in [1.165, 1.54) is 29.1 Å². The Kier molecular flexibility index (Phi) is 5.51. The van der Waals surface area contributed by atoms with Crippen molar-refractivity contribution in [3.8, 4) is 5.69 Å². The van der Waals surface area contributed by atoms with Crippen molar-refractivity contribution < 1.29 is 14.0 Å². The molecule has 1 heterocycles. The topological polar surface area (TPSA) is 103 Å². The molecule has 3 N–H and O–H groups in total. The zero-order chi connectivity index (χ0) is 19.4. The number of halogens is 1. The normalized spacial score (nSPS) is 11.8. The maximum Gasteiger partial charge on any atom is 0.248 e. The van der Waals surface area contributed by atoms with Gasteiger partial charge < -0.3 is 11.1 Å². The third-order valence-corrected chi connectivity index (χ3v) is 4.77. The van der Waals surface area contributed by atoms with Crippen LogP contribution in [0, 0.1) is 5.82 Å². The number of amides is 2. The number of aromatic nitrogens is 3. The SMILES string of the molecule is C[C@H](Sc1nncn1-c1ccccc1F)C(=O)Nc1ccc(C(N)=O)cc1. The van der Waals surface area contributed by atoms with E-state index in [0.717, 1.165) is 11.8 Å². The molecule has 0 fully saturated rings. The molecule has 0 radical (unpaired) electrons. The van der Waals surface area contributed by atoms with Crippen LogP contribution in [0.25, 0.3) is 5.69 Å². The molecule has 0 spiro atoms. The monoisotopic (exact) mass is 385 g/mol. The lowest BCUT2D eigenvalue weighted by molar-refractivity contribution is -0.115. The molecule has 3 aromatic rings. The standard InChI is InChI=1S/C18H16FN5O2S/c1-11(17(26)22-13-8-6-12(7-9-13)16(20)25)27-18-23-21-10-24(18)15-5-3-2-4-14(15)19/h2-11H,1H3,(H2,20,25)(H,22,26)/t11-/m0/s1. The maximum absolute atomic E-state index is 14.0. The number of benzene rings is 2. The average molecular weight is 385 g/mol. The third kappa shape index (κ3) is 4.32. The van der Waals surface area contributed by atoms with E-state index >= 15 is 0 Å². The number of hydrogen-bond donors (Lipinski definition) is 2. The predicted octanol–water partition coefficient (Wildman–Crippen LogP) is 2.62. The Morgan fingerprint density at radius 2 is 1.89 bits per heavy atom. The molecule has 0 unspecified atom stereocenters. The maximum atomic E-state index is 14.0. The van der Waals surface area contributed by atoms with Crippen LogP contribution in [0.1, 0.15) is 17.3 Å². The van der Waals surface area contributed by atoms with Crippen LogP contribution >= 0.6 is 11.8 Å². The lowest BCUT2D eigenvalue weighted by atomic mass is 10.2. The fourth-order valence-electron chi connectivity index (χ4n) is 2.29. The van der Waals surface area contributed by atoms with Gasteiger partial charge in [0, 0.05) is 11.3 Å². The number of carbonyl (C=O) groups is 2. The first kappa shape index (κ1) is 18.6. The van der Waals surface area contributed by atoms with Gasteiger partial charge in [0.2, 0.25) is 11.8 Å². The van der Waals surface area contributed by atoms with Crippen LogP contribution in [0.4, 0.5) is 10.1 Å². The molecule has 0 saturated heterocycles. The molecule has 27 heavy (non-hydrogen) atoms. The summed E-state index contributed by atoms with van der Waals surface area (Å²) in [5.41, 5.74) is 6.39. The predicted molar refractivity (Wildman–Crippen MR) is 100 cm³/mol. The largest absolute Gasteiger partial charge is 0.366 e. The smallest absolute Gasteiger partial charge is 0.248 e. The summed E-state index contributed by atoms with van der Waals surface area (Å²) >= 11 is 1.15. The molecular formula is C18H16FN5O2S. The number of thioether (sulfide) groups is 1. The lowest BCUT2D eigenvalue weighted by Crippen LogP contribution is -2.23. The summed E-state index contributed by atoms with van der Waals surface area (Å²) < 4.78 is 15.5. The van der Waals surface area contributed by atoms with Crippen molar-refractivity contribution in [3.63, 3.8) is 0 Å². The van der Waals surface area contributed by atoms with Crippen molar-refractivity contribution in [3.05, 3.63) is 66.2 Å². The quantitative estimate of drug-likeness (QED) is 0.635. The van der Waals surface area contributed by atoms with Crippen LogP contribution < -0.4 is 11.1 Å². The fourth-order valence-corrected chi connectivity index (χ4v) is 3.13. The van der Waals surface area contributed by atoms with Gasteiger partial charge in [-0.25, -0.2) is 4.39 Å². The van der Waals surface area contributed by atoms with Crippen molar-refractivity contribution in [2.75, 3.05) is 5.32 Å². The molecule has 138 valence electrons. The molecule has 3 rings (SSSR count). The van der Waals surface area contributed by atoms with Gasteiger partial charge in [-0.1, -0.05) is 23.9 Å². The highest BCUT2D eigenvalue weighted by Crippen LogP contribution is 2.25. The van der Waals surface area contributed by atoms with Gasteiger partial charge in [-0.2, -0.15) is 0 Å². The lowest BCUT2D eigenvalue weighted by Gasteiger charge is -2.13. The van der Waals surface area contributed by atoms with E-state index in [4.69, 9.17) is 5.73 Å². The van der Waals surface area contributed by atoms with Crippen molar-refractivity contribution in [2.24, 2.45) is 5.73 Å². The van der Waals surface area contributed by atoms with Crippen molar-refractivity contribution in [2.45, 2.75) is 17.3 Å². The fraction of sp³-hybridized carbons (Fsp3) is 0.111. The molecule has 9 heteroatoms. The van der Waals surface area contributed by atoms with Crippen LogP contribution in [0.15, 0.2) is 60.0 Å². The van der Waals surface area contributed by atoms with E-state index in [1.807, 2.05) is 0 Å². The Morgan fingerprint density at radius 3 is 2.56 bits per heavy atom. The molecule has 2 amide bonds. The highest BCUT2D eigenvalue weighted by molar-refractivity contribution is 8.00. The van der Waals surface area contributed by atoms with Gasteiger partial charge in [0.1, 0.15) is 12.1 Å². The number of anilines is 1. The van der Waals surface area contributed by atoms with Crippen LogP contribution in [0.5, 0.6) is 0 Å². The summed E-state index contributed by atoms with van der Waals surface area (Å²) in [7, 11) is 0. The van der Waals surface area contributed by atoms with Gasteiger partial charge in [0.05, 0.1) is 10.9 Å². The van der Waals surface area contributed by atoms with Crippen LogP contribution in [-0.4, -0.2) is 31.8 Å². The molecule has 2 aromatic carbocycles. The average Bonchev–Trinajstić information content (AvgIpc) is 3.10. The second-order valence-electron chi connectivity index (χ2n) is 5.63. The number of hydrogen-bond acceptors (Lipinski definition) is 5. The van der Waals surface area contributed by atoms with Crippen molar-refractivity contribution in [1.82, 2.24) is 14.8 Å². The van der Waals surface area contributed by atoms with Crippen LogP contribution in [-0.2, 0) is 4.79 Å². The number of rotatable bonds is 6. The molecule has 7 nitrogen and oxygen atoms in total. The second-order valence-corrected chi connectivity index (χ2v) is 6.93. The summed E-state index contributed by atoms with van der Waals surface area (Å²) in [4.78, 5) is 23.5. The van der Waals surface area contributed by atoms with Crippen molar-refractivity contribution >= 4 is 29.3 Å². The number of para-hydroxylation sites is 1. The Bertz CT molecular complexity index is 974. The van der Waals surface area contributed by atoms with E-state index < -0.39 is 17.0 Å². The first-order valence-electron chi connectivity index (χ1n) is 7.98. The number of nitrogens with one attached hydrogen (secondary N) is 1. The van der Waals surface area contributed by atoms with E-state index in [2.05, 4.69) is 15.5 Å². The summed E-state index contributed by atoms with van der Waals surface area (Å²) in [6.07, 6.45) is 1.40. The Hall–Kier alpha value is -3.20. The summed E-state index contributed by atoms with van der Waals surface area (Å²) in [6, 6.07) is 12.5. The minimum absolute atomic E-state index is 0.269. The van der Waals surface area contributed by atoms with Gasteiger partial charge in [0.25, 0.3) is 0 Å². The molecule has 0 aliphatic heterocycles. The molecule has 0 bridgehead atoms. The Balaban J connectivity index is 1.70. The number of nitrogens with two attached hydrogens (primary N) is 1. The number of nitrogens with zero attached hydrogens (tertiary/aromatic N) is 3. The minimum Gasteiger partial charge on any atom is -0.366 e. The molecule has 1 aromatic heterocycles. The zero-order valence-corrected chi connectivity index (χ0v) is 15.1. The summed E-state index contributed by atoms with van der Waals surface area (Å²) in [5, 5.41) is 10.4. The summed E-state index contributed by atoms with van der Waals surface area (Å²) in [5.74, 6) is -1.22. The van der Waals surface area contributed by atoms with E-state index in [-0.39, 0.29) is 5.91 Å². The Labute approximate surface area is 158 Å². The first-order valence-corrected chi connectivity index (χ1v) is 8.86. The number of primary amides is 1. The minimum atomic E-state index is -0.538. The number of carbonyl (C=O) groups excluding carboxylic acids is 2. The molecule has 0 saturated carbocycles. The van der Waals surface area contributed by atoms with Gasteiger partial charge in [-0.05, 0) is 43.3 Å². The molecule has 1 atom stereocenters. The van der Waals surface area contributed by atoms with E-state index in [0.29, 0.717) is 22.1 Å². The van der Waals surface area contributed by atoms with E-state index in [1.54, 1.807) is 37.3 Å².